The van der Waals surface area contributed by atoms with Crippen molar-refractivity contribution in [2.45, 2.75) is 50.1 Å². The lowest BCUT2D eigenvalue weighted by atomic mass is 9.95. The van der Waals surface area contributed by atoms with Gasteiger partial charge in [-0.2, -0.15) is 13.2 Å². The number of nitrogens with one attached hydrogen (secondary N) is 1. The molecule has 1 N–H and O–H groups in total. The van der Waals surface area contributed by atoms with Crippen LogP contribution in [-0.2, 0) is 0 Å². The Morgan fingerprint density at radius 1 is 1.25 bits per heavy atom. The van der Waals surface area contributed by atoms with Crippen molar-refractivity contribution in [2.24, 2.45) is 5.92 Å². The van der Waals surface area contributed by atoms with Gasteiger partial charge >= 0.3 is 5.51 Å². The fourth-order valence-electron chi connectivity index (χ4n) is 2.33. The maximum absolute atomic E-state index is 12.0. The third-order valence-electron chi connectivity index (χ3n) is 3.23. The van der Waals surface area contributed by atoms with Crippen LogP contribution in [0.5, 0.6) is 0 Å². The first-order chi connectivity index (χ1) is 7.51. The molecule has 0 heterocycles. The van der Waals surface area contributed by atoms with Crippen molar-refractivity contribution >= 4 is 11.8 Å². The summed E-state index contributed by atoms with van der Waals surface area (Å²) in [6, 6.07) is 0.503. The molecule has 5 heteroatoms. The van der Waals surface area contributed by atoms with Crippen LogP contribution >= 0.6 is 11.8 Å². The van der Waals surface area contributed by atoms with E-state index in [4.69, 9.17) is 0 Å². The first kappa shape index (κ1) is 14.2. The standard InChI is InChI=1S/C11H20F3NS/c1-15-10-5-3-2-4-9(8-10)6-7-16-11(12,13)14/h9-10,15H,2-8H2,1H3. The van der Waals surface area contributed by atoms with Crippen LogP contribution in [0.3, 0.4) is 0 Å². The SMILES string of the molecule is CNC1CCCCC(CCSC(F)(F)F)C1. The minimum Gasteiger partial charge on any atom is -0.317 e. The predicted molar refractivity (Wildman–Crippen MR) is 62.6 cm³/mol. The number of hydrogen-bond acceptors (Lipinski definition) is 2. The lowest BCUT2D eigenvalue weighted by Gasteiger charge is -2.19. The fraction of sp³-hybridized carbons (Fsp3) is 1.00. The first-order valence-corrected chi connectivity index (χ1v) is 6.88. The van der Waals surface area contributed by atoms with Crippen molar-refractivity contribution in [1.82, 2.24) is 5.32 Å². The molecule has 0 aliphatic heterocycles. The molecule has 1 nitrogen and oxygen atoms in total. The molecule has 0 radical (unpaired) electrons. The minimum absolute atomic E-state index is 0.122. The van der Waals surface area contributed by atoms with Gasteiger partial charge in [0.25, 0.3) is 0 Å². The topological polar surface area (TPSA) is 12.0 Å². The van der Waals surface area contributed by atoms with Gasteiger partial charge in [0.1, 0.15) is 0 Å². The Bertz CT molecular complexity index is 196. The highest BCUT2D eigenvalue weighted by Crippen LogP contribution is 2.33. The lowest BCUT2D eigenvalue weighted by Crippen LogP contribution is -2.26. The summed E-state index contributed by atoms with van der Waals surface area (Å²) in [4.78, 5) is 0. The van der Waals surface area contributed by atoms with Crippen LogP contribution in [0.1, 0.15) is 38.5 Å². The van der Waals surface area contributed by atoms with Crippen molar-refractivity contribution in [3.8, 4) is 0 Å². The molecular weight excluding hydrogens is 235 g/mol. The van der Waals surface area contributed by atoms with Crippen molar-refractivity contribution in [1.29, 1.82) is 0 Å². The monoisotopic (exact) mass is 255 g/mol. The summed E-state index contributed by atoms with van der Waals surface area (Å²) in [5.41, 5.74) is -4.06. The zero-order chi connectivity index (χ0) is 12.0. The molecule has 1 fully saturated rings. The van der Waals surface area contributed by atoms with E-state index in [1.807, 2.05) is 7.05 Å². The van der Waals surface area contributed by atoms with Gasteiger partial charge in [0.2, 0.25) is 0 Å². The Morgan fingerprint density at radius 3 is 2.56 bits per heavy atom. The number of alkyl halides is 3. The Balaban J connectivity index is 2.24. The molecule has 0 aromatic heterocycles. The summed E-state index contributed by atoms with van der Waals surface area (Å²) in [6.45, 7) is 0. The highest BCUT2D eigenvalue weighted by molar-refractivity contribution is 8.00. The summed E-state index contributed by atoms with van der Waals surface area (Å²) in [5, 5.41) is 3.25. The van der Waals surface area contributed by atoms with Gasteiger partial charge in [-0.3, -0.25) is 0 Å². The molecule has 16 heavy (non-hydrogen) atoms. The van der Waals surface area contributed by atoms with E-state index in [-0.39, 0.29) is 17.5 Å². The Labute approximate surface area is 99.6 Å². The molecule has 2 atom stereocenters. The second-order valence-corrected chi connectivity index (χ2v) is 5.61. The van der Waals surface area contributed by atoms with E-state index in [0.29, 0.717) is 18.4 Å². The molecule has 0 saturated heterocycles. The predicted octanol–water partition coefficient (Wildman–Crippen LogP) is 3.80. The molecule has 0 bridgehead atoms. The smallest absolute Gasteiger partial charge is 0.317 e. The summed E-state index contributed by atoms with van der Waals surface area (Å²) in [5.74, 6) is 0.680. The average molecular weight is 255 g/mol. The van der Waals surface area contributed by atoms with Crippen molar-refractivity contribution in [2.75, 3.05) is 12.8 Å². The van der Waals surface area contributed by atoms with E-state index in [1.54, 1.807) is 0 Å². The molecule has 1 aliphatic rings. The van der Waals surface area contributed by atoms with Crippen LogP contribution in [-0.4, -0.2) is 24.4 Å². The van der Waals surface area contributed by atoms with Crippen LogP contribution < -0.4 is 5.32 Å². The summed E-state index contributed by atoms with van der Waals surface area (Å²) < 4.78 is 36.0. The van der Waals surface area contributed by atoms with Crippen LogP contribution in [0, 0.1) is 5.92 Å². The van der Waals surface area contributed by atoms with Gasteiger partial charge in [-0.05, 0) is 32.2 Å². The van der Waals surface area contributed by atoms with Crippen molar-refractivity contribution < 1.29 is 13.2 Å². The number of halogens is 3. The van der Waals surface area contributed by atoms with Crippen molar-refractivity contribution in [3.63, 3.8) is 0 Å². The van der Waals surface area contributed by atoms with E-state index in [2.05, 4.69) is 5.32 Å². The normalized spacial score (nSPS) is 27.8. The highest BCUT2D eigenvalue weighted by Gasteiger charge is 2.28. The maximum Gasteiger partial charge on any atom is 0.441 e. The number of hydrogen-bond donors (Lipinski definition) is 1. The van der Waals surface area contributed by atoms with E-state index in [1.165, 1.54) is 19.3 Å². The van der Waals surface area contributed by atoms with Gasteiger partial charge in [-0.25, -0.2) is 0 Å². The third kappa shape index (κ3) is 5.99. The van der Waals surface area contributed by atoms with Gasteiger partial charge in [-0.15, -0.1) is 0 Å². The van der Waals surface area contributed by atoms with E-state index in [9.17, 15) is 13.2 Å². The average Bonchev–Trinajstić information content (AvgIpc) is 2.41. The highest BCUT2D eigenvalue weighted by atomic mass is 32.2. The van der Waals surface area contributed by atoms with Crippen LogP contribution in [0.25, 0.3) is 0 Å². The summed E-state index contributed by atoms with van der Waals surface area (Å²) in [7, 11) is 1.94. The third-order valence-corrected chi connectivity index (χ3v) is 4.00. The largest absolute Gasteiger partial charge is 0.441 e. The second kappa shape index (κ2) is 6.74. The van der Waals surface area contributed by atoms with Crippen molar-refractivity contribution in [3.05, 3.63) is 0 Å². The van der Waals surface area contributed by atoms with Gasteiger partial charge < -0.3 is 5.32 Å². The lowest BCUT2D eigenvalue weighted by molar-refractivity contribution is -0.0328. The molecule has 2 unspecified atom stereocenters. The molecule has 0 aromatic rings. The van der Waals surface area contributed by atoms with E-state index >= 15 is 0 Å². The zero-order valence-corrected chi connectivity index (χ0v) is 10.5. The summed E-state index contributed by atoms with van der Waals surface area (Å²) in [6.07, 6.45) is 6.36. The second-order valence-electron chi connectivity index (χ2n) is 4.45. The van der Waals surface area contributed by atoms with E-state index < -0.39 is 5.51 Å². The fourth-order valence-corrected chi connectivity index (χ4v) is 3.01. The summed E-state index contributed by atoms with van der Waals surface area (Å²) >= 11 is 0.122. The maximum atomic E-state index is 12.0. The minimum atomic E-state index is -4.06. The first-order valence-electron chi connectivity index (χ1n) is 5.89. The Hall–Kier alpha value is 0.100. The van der Waals surface area contributed by atoms with Crippen LogP contribution in [0.4, 0.5) is 13.2 Å². The van der Waals surface area contributed by atoms with E-state index in [0.717, 1.165) is 12.8 Å². The molecule has 1 saturated carbocycles. The molecule has 0 aromatic carbocycles. The quantitative estimate of drug-likeness (QED) is 0.767. The van der Waals surface area contributed by atoms with Gasteiger partial charge in [-0.1, -0.05) is 31.0 Å². The number of rotatable bonds is 4. The van der Waals surface area contributed by atoms with Gasteiger partial charge in [0.15, 0.2) is 0 Å². The molecule has 0 spiro atoms. The molecule has 0 amide bonds. The molecule has 1 rings (SSSR count). The number of thioether (sulfide) groups is 1. The van der Waals surface area contributed by atoms with Gasteiger partial charge in [0.05, 0.1) is 0 Å². The zero-order valence-electron chi connectivity index (χ0n) is 9.65. The van der Waals surface area contributed by atoms with Crippen LogP contribution in [0.2, 0.25) is 0 Å². The molecule has 1 aliphatic carbocycles. The Kier molecular flexibility index (Phi) is 5.97. The molecule has 96 valence electrons. The van der Waals surface area contributed by atoms with Gasteiger partial charge in [0, 0.05) is 11.8 Å². The van der Waals surface area contributed by atoms with Crippen LogP contribution in [0.15, 0.2) is 0 Å². The Morgan fingerprint density at radius 2 is 1.94 bits per heavy atom. The molecular formula is C11H20F3NS.